The predicted octanol–water partition coefficient (Wildman–Crippen LogP) is 4.64. The first-order valence-corrected chi connectivity index (χ1v) is 11.2. The molecule has 8 nitrogen and oxygen atoms in total. The van der Waals surface area contributed by atoms with Gasteiger partial charge in [-0.25, -0.2) is 4.98 Å². The fourth-order valence-corrected chi connectivity index (χ4v) is 3.88. The summed E-state index contributed by atoms with van der Waals surface area (Å²) in [7, 11) is 1.47. The van der Waals surface area contributed by atoms with Gasteiger partial charge in [-0.15, -0.1) is 11.3 Å². The van der Waals surface area contributed by atoms with Crippen LogP contribution < -0.4 is 20.1 Å². The Kier molecular flexibility index (Phi) is 8.01. The van der Waals surface area contributed by atoms with Crippen LogP contribution in [0.5, 0.6) is 11.5 Å². The Balaban J connectivity index is 1.69. The number of aromatic nitrogens is 1. The molecule has 0 aliphatic carbocycles. The monoisotopic (exact) mass is 476 g/mol. The van der Waals surface area contributed by atoms with Crippen LogP contribution in [0.2, 0.25) is 0 Å². The highest BCUT2D eigenvalue weighted by Gasteiger charge is 2.14. The Labute approximate surface area is 201 Å². The number of carbonyl (C=O) groups is 2. The van der Waals surface area contributed by atoms with E-state index in [4.69, 9.17) is 9.47 Å². The van der Waals surface area contributed by atoms with Crippen molar-refractivity contribution < 1.29 is 19.1 Å². The maximum absolute atomic E-state index is 12.5. The normalized spacial score (nSPS) is 10.9. The molecule has 0 aliphatic heterocycles. The highest BCUT2D eigenvalue weighted by atomic mass is 32.1. The van der Waals surface area contributed by atoms with Crippen molar-refractivity contribution in [3.05, 3.63) is 69.7 Å². The summed E-state index contributed by atoms with van der Waals surface area (Å²) < 4.78 is 11.0. The first-order valence-electron chi connectivity index (χ1n) is 10.3. The third-order valence-corrected chi connectivity index (χ3v) is 5.51. The van der Waals surface area contributed by atoms with Crippen LogP contribution in [0.3, 0.4) is 0 Å². The number of methoxy groups -OCH3 is 1. The van der Waals surface area contributed by atoms with Crippen LogP contribution >= 0.6 is 11.3 Å². The lowest BCUT2D eigenvalue weighted by Crippen LogP contribution is -2.21. The third kappa shape index (κ3) is 6.21. The van der Waals surface area contributed by atoms with E-state index >= 15 is 0 Å². The fraction of sp³-hybridized carbons (Fsp3) is 0.200. The van der Waals surface area contributed by atoms with Gasteiger partial charge in [0.05, 0.1) is 7.11 Å². The molecular weight excluding hydrogens is 452 g/mol. The van der Waals surface area contributed by atoms with Crippen LogP contribution in [0.15, 0.2) is 47.5 Å². The van der Waals surface area contributed by atoms with Crippen LogP contribution in [-0.2, 0) is 9.59 Å². The van der Waals surface area contributed by atoms with Gasteiger partial charge in [-0.3, -0.25) is 14.9 Å². The van der Waals surface area contributed by atoms with Crippen molar-refractivity contribution in [2.24, 2.45) is 0 Å². The summed E-state index contributed by atoms with van der Waals surface area (Å²) in [4.78, 5) is 28.8. The number of amides is 2. The highest BCUT2D eigenvalue weighted by Crippen LogP contribution is 2.29. The zero-order valence-electron chi connectivity index (χ0n) is 19.3. The molecule has 0 fully saturated rings. The predicted molar refractivity (Wildman–Crippen MR) is 132 cm³/mol. The van der Waals surface area contributed by atoms with Crippen LogP contribution in [-0.4, -0.2) is 30.5 Å². The Hall–Kier alpha value is -4.16. The lowest BCUT2D eigenvalue weighted by atomic mass is 10.1. The number of benzene rings is 2. The summed E-state index contributed by atoms with van der Waals surface area (Å²) in [5, 5.41) is 17.0. The van der Waals surface area contributed by atoms with Crippen LogP contribution in [0.1, 0.15) is 22.3 Å². The minimum atomic E-state index is -0.560. The van der Waals surface area contributed by atoms with Crippen molar-refractivity contribution in [3.63, 3.8) is 0 Å². The molecule has 0 bridgehead atoms. The first kappa shape index (κ1) is 24.5. The van der Waals surface area contributed by atoms with Gasteiger partial charge in [0.25, 0.3) is 11.8 Å². The molecule has 0 aliphatic rings. The standard InChI is InChI=1S/C25H24N4O4S/c1-15-9-16(2)23(17(3)10-15)28-22(30)14-33-20-6-5-18(12-21(20)32-4)11-19(13-26)24(31)29-25-27-7-8-34-25/h5-12H,14H2,1-4H3,(H,28,30)(H,27,29,31). The average Bonchev–Trinajstić information content (AvgIpc) is 3.31. The highest BCUT2D eigenvalue weighted by molar-refractivity contribution is 7.13. The van der Waals surface area contributed by atoms with E-state index < -0.39 is 5.91 Å². The Morgan fingerprint density at radius 3 is 2.47 bits per heavy atom. The number of nitrogens with zero attached hydrogens (tertiary/aromatic N) is 2. The largest absolute Gasteiger partial charge is 0.493 e. The number of thiazole rings is 1. The lowest BCUT2D eigenvalue weighted by Gasteiger charge is -2.14. The van der Waals surface area contributed by atoms with Gasteiger partial charge in [0.1, 0.15) is 11.6 Å². The van der Waals surface area contributed by atoms with E-state index in [-0.39, 0.29) is 18.1 Å². The van der Waals surface area contributed by atoms with Gasteiger partial charge in [0, 0.05) is 17.3 Å². The molecule has 0 saturated heterocycles. The molecule has 1 heterocycles. The van der Waals surface area contributed by atoms with Crippen molar-refractivity contribution in [1.82, 2.24) is 4.98 Å². The van der Waals surface area contributed by atoms with E-state index in [1.54, 1.807) is 29.8 Å². The number of nitrogens with one attached hydrogen (secondary N) is 2. The molecule has 0 spiro atoms. The second-order valence-corrected chi connectivity index (χ2v) is 8.38. The van der Waals surface area contributed by atoms with Crippen LogP contribution in [0.25, 0.3) is 6.08 Å². The van der Waals surface area contributed by atoms with Gasteiger partial charge in [-0.05, 0) is 55.7 Å². The molecule has 1 aromatic heterocycles. The van der Waals surface area contributed by atoms with Gasteiger partial charge in [-0.1, -0.05) is 23.8 Å². The summed E-state index contributed by atoms with van der Waals surface area (Å²) in [5.41, 5.74) is 4.33. The van der Waals surface area contributed by atoms with Crippen molar-refractivity contribution in [2.75, 3.05) is 24.4 Å². The number of ether oxygens (including phenoxy) is 2. The number of nitriles is 1. The molecule has 9 heteroatoms. The minimum Gasteiger partial charge on any atom is -0.493 e. The van der Waals surface area contributed by atoms with Crippen molar-refractivity contribution in [3.8, 4) is 17.6 Å². The molecule has 2 N–H and O–H groups in total. The van der Waals surface area contributed by atoms with Gasteiger partial charge in [0.15, 0.2) is 23.2 Å². The number of rotatable bonds is 8. The van der Waals surface area contributed by atoms with Crippen LogP contribution in [0, 0.1) is 32.1 Å². The summed E-state index contributed by atoms with van der Waals surface area (Å²) in [6, 6.07) is 10.8. The molecular formula is C25H24N4O4S. The molecule has 0 unspecified atom stereocenters. The Morgan fingerprint density at radius 1 is 1.12 bits per heavy atom. The van der Waals surface area contributed by atoms with E-state index in [0.717, 1.165) is 22.4 Å². The van der Waals surface area contributed by atoms with Crippen molar-refractivity contribution >= 4 is 40.0 Å². The van der Waals surface area contributed by atoms with Gasteiger partial charge < -0.3 is 14.8 Å². The maximum atomic E-state index is 12.5. The molecule has 174 valence electrons. The van der Waals surface area contributed by atoms with Crippen LogP contribution in [0.4, 0.5) is 10.8 Å². The third-order valence-electron chi connectivity index (χ3n) is 4.82. The average molecular weight is 477 g/mol. The molecule has 34 heavy (non-hydrogen) atoms. The maximum Gasteiger partial charge on any atom is 0.268 e. The molecule has 0 radical (unpaired) electrons. The quantitative estimate of drug-likeness (QED) is 0.362. The van der Waals surface area contributed by atoms with E-state index in [0.29, 0.717) is 22.2 Å². The number of hydrogen-bond donors (Lipinski definition) is 2. The van der Waals surface area contributed by atoms with Gasteiger partial charge in [0.2, 0.25) is 0 Å². The molecule has 0 saturated carbocycles. The smallest absolute Gasteiger partial charge is 0.268 e. The first-order chi connectivity index (χ1) is 16.3. The molecule has 2 aromatic carbocycles. The van der Waals surface area contributed by atoms with E-state index in [2.05, 4.69) is 15.6 Å². The fourth-order valence-electron chi connectivity index (χ4n) is 3.35. The number of hydrogen-bond acceptors (Lipinski definition) is 7. The van der Waals surface area contributed by atoms with Gasteiger partial charge >= 0.3 is 0 Å². The summed E-state index contributed by atoms with van der Waals surface area (Å²) in [6.07, 6.45) is 2.99. The number of aryl methyl sites for hydroxylation is 3. The molecule has 0 atom stereocenters. The van der Waals surface area contributed by atoms with E-state index in [9.17, 15) is 14.9 Å². The van der Waals surface area contributed by atoms with E-state index in [1.807, 2.05) is 39.0 Å². The molecule has 3 aromatic rings. The zero-order valence-corrected chi connectivity index (χ0v) is 20.1. The summed E-state index contributed by atoms with van der Waals surface area (Å²) >= 11 is 1.25. The minimum absolute atomic E-state index is 0.0888. The SMILES string of the molecule is COc1cc(C=C(C#N)C(=O)Nc2nccs2)ccc1OCC(=O)Nc1c(C)cc(C)cc1C. The van der Waals surface area contributed by atoms with Crippen molar-refractivity contribution in [2.45, 2.75) is 20.8 Å². The second kappa shape index (κ2) is 11.1. The zero-order chi connectivity index (χ0) is 24.7. The second-order valence-electron chi connectivity index (χ2n) is 7.48. The number of carbonyl (C=O) groups excluding carboxylic acids is 2. The van der Waals surface area contributed by atoms with Gasteiger partial charge in [-0.2, -0.15) is 5.26 Å². The number of anilines is 2. The van der Waals surface area contributed by atoms with Crippen molar-refractivity contribution in [1.29, 1.82) is 5.26 Å². The molecule has 3 rings (SSSR count). The van der Waals surface area contributed by atoms with E-state index in [1.165, 1.54) is 24.5 Å². The summed E-state index contributed by atoms with van der Waals surface area (Å²) in [6.45, 7) is 5.68. The molecule has 2 amide bonds. The Morgan fingerprint density at radius 2 is 1.85 bits per heavy atom. The topological polar surface area (TPSA) is 113 Å². The lowest BCUT2D eigenvalue weighted by molar-refractivity contribution is -0.118. The summed E-state index contributed by atoms with van der Waals surface area (Å²) in [5.74, 6) is -0.137. The Bertz CT molecular complexity index is 1250.